The van der Waals surface area contributed by atoms with Crippen LogP contribution in [0.4, 0.5) is 0 Å². The van der Waals surface area contributed by atoms with Gasteiger partial charge in [0.25, 0.3) is 5.91 Å². The highest BCUT2D eigenvalue weighted by Crippen LogP contribution is 2.22. The number of sulfonamides is 1. The highest BCUT2D eigenvalue weighted by molar-refractivity contribution is 7.89. The molecule has 1 heterocycles. The van der Waals surface area contributed by atoms with E-state index in [0.29, 0.717) is 31.1 Å². The van der Waals surface area contributed by atoms with E-state index in [-0.39, 0.29) is 17.4 Å². The van der Waals surface area contributed by atoms with E-state index in [4.69, 9.17) is 9.47 Å². The lowest BCUT2D eigenvalue weighted by molar-refractivity contribution is -0.127. The number of aryl methyl sites for hydroxylation is 1. The van der Waals surface area contributed by atoms with Crippen molar-refractivity contribution in [3.05, 3.63) is 54.1 Å². The molecule has 1 amide bonds. The van der Waals surface area contributed by atoms with E-state index in [1.165, 1.54) is 0 Å². The average Bonchev–Trinajstić information content (AvgIpc) is 2.77. The molecule has 168 valence electrons. The summed E-state index contributed by atoms with van der Waals surface area (Å²) in [6.45, 7) is 5.39. The van der Waals surface area contributed by atoms with Gasteiger partial charge in [0.1, 0.15) is 18.1 Å². The summed E-state index contributed by atoms with van der Waals surface area (Å²) < 4.78 is 38.2. The number of hydrogen-bond acceptors (Lipinski definition) is 5. The van der Waals surface area contributed by atoms with Crippen molar-refractivity contribution in [3.8, 4) is 11.5 Å². The quantitative estimate of drug-likeness (QED) is 0.598. The Kier molecular flexibility index (Phi) is 7.92. The molecular formula is C23H30N2O5S. The first-order valence-corrected chi connectivity index (χ1v) is 12.0. The second kappa shape index (κ2) is 10.6. The average molecular weight is 447 g/mol. The zero-order chi connectivity index (χ0) is 22.3. The highest BCUT2D eigenvalue weighted by Gasteiger charge is 2.25. The second-order valence-corrected chi connectivity index (χ2v) is 9.59. The maximum Gasteiger partial charge on any atom is 0.260 e. The molecule has 1 N–H and O–H groups in total. The molecule has 8 heteroatoms. The standard InChI is InChI=1S/C23H30N2O5S/c1-18-7-6-8-21(17-18)30-19(2)23(26)24-13-16-29-20-9-11-22(12-10-20)31(27,28)25-14-4-3-5-15-25/h6-12,17,19H,3-5,13-16H2,1-2H3,(H,24,26)/t19-/m1/s1. The van der Waals surface area contributed by atoms with Crippen LogP contribution in [0.1, 0.15) is 31.7 Å². The fraction of sp³-hybridized carbons (Fsp3) is 0.435. The van der Waals surface area contributed by atoms with Crippen molar-refractivity contribution in [1.82, 2.24) is 9.62 Å². The van der Waals surface area contributed by atoms with E-state index < -0.39 is 16.1 Å². The molecule has 1 aliphatic heterocycles. The molecule has 0 unspecified atom stereocenters. The van der Waals surface area contributed by atoms with E-state index in [1.54, 1.807) is 35.5 Å². The first kappa shape index (κ1) is 23.1. The Bertz CT molecular complexity index is 970. The fourth-order valence-electron chi connectivity index (χ4n) is 3.40. The van der Waals surface area contributed by atoms with Gasteiger partial charge in [0.2, 0.25) is 10.0 Å². The third kappa shape index (κ3) is 6.45. The van der Waals surface area contributed by atoms with Crippen LogP contribution in [0.15, 0.2) is 53.4 Å². The molecule has 0 spiro atoms. The number of carbonyl (C=O) groups is 1. The fourth-order valence-corrected chi connectivity index (χ4v) is 4.91. The number of nitrogens with one attached hydrogen (secondary N) is 1. The van der Waals surface area contributed by atoms with Gasteiger partial charge in [-0.05, 0) is 68.7 Å². The maximum absolute atomic E-state index is 12.7. The smallest absolute Gasteiger partial charge is 0.260 e. The Labute approximate surface area is 184 Å². The van der Waals surface area contributed by atoms with Crippen LogP contribution in [-0.4, -0.2) is 51.0 Å². The van der Waals surface area contributed by atoms with Gasteiger partial charge < -0.3 is 14.8 Å². The topological polar surface area (TPSA) is 84.9 Å². The summed E-state index contributed by atoms with van der Waals surface area (Å²) in [5, 5.41) is 2.77. The third-order valence-electron chi connectivity index (χ3n) is 5.12. The summed E-state index contributed by atoms with van der Waals surface area (Å²) in [7, 11) is -3.45. The van der Waals surface area contributed by atoms with Crippen LogP contribution < -0.4 is 14.8 Å². The molecule has 0 radical (unpaired) electrons. The number of carbonyl (C=O) groups excluding carboxylic acids is 1. The summed E-state index contributed by atoms with van der Waals surface area (Å²) in [5.41, 5.74) is 1.06. The van der Waals surface area contributed by atoms with Gasteiger partial charge in [0.15, 0.2) is 6.10 Å². The molecule has 7 nitrogen and oxygen atoms in total. The van der Waals surface area contributed by atoms with Crippen molar-refractivity contribution in [2.45, 2.75) is 44.1 Å². The first-order valence-electron chi connectivity index (χ1n) is 10.6. The Hall–Kier alpha value is -2.58. The number of rotatable bonds is 9. The lowest BCUT2D eigenvalue weighted by Crippen LogP contribution is -2.38. The third-order valence-corrected chi connectivity index (χ3v) is 7.03. The summed E-state index contributed by atoms with van der Waals surface area (Å²) >= 11 is 0. The molecule has 0 aromatic heterocycles. The Balaban J connectivity index is 1.42. The predicted octanol–water partition coefficient (Wildman–Crippen LogP) is 3.13. The van der Waals surface area contributed by atoms with Gasteiger partial charge in [-0.15, -0.1) is 0 Å². The highest BCUT2D eigenvalue weighted by atomic mass is 32.2. The zero-order valence-corrected chi connectivity index (χ0v) is 18.9. The van der Waals surface area contributed by atoms with Gasteiger partial charge in [0.05, 0.1) is 11.4 Å². The number of amides is 1. The van der Waals surface area contributed by atoms with Crippen molar-refractivity contribution in [1.29, 1.82) is 0 Å². The maximum atomic E-state index is 12.7. The normalized spacial score (nSPS) is 15.8. The molecular weight excluding hydrogens is 416 g/mol. The van der Waals surface area contributed by atoms with Crippen LogP contribution in [0, 0.1) is 6.92 Å². The predicted molar refractivity (Wildman–Crippen MR) is 119 cm³/mol. The molecule has 0 bridgehead atoms. The Morgan fingerprint density at radius 1 is 1.06 bits per heavy atom. The van der Waals surface area contributed by atoms with Crippen molar-refractivity contribution in [2.75, 3.05) is 26.2 Å². The molecule has 2 aromatic carbocycles. The van der Waals surface area contributed by atoms with Crippen molar-refractivity contribution in [2.24, 2.45) is 0 Å². The first-order chi connectivity index (χ1) is 14.9. The van der Waals surface area contributed by atoms with Crippen LogP contribution in [0.5, 0.6) is 11.5 Å². The summed E-state index contributed by atoms with van der Waals surface area (Å²) in [6, 6.07) is 13.9. The molecule has 31 heavy (non-hydrogen) atoms. The van der Waals surface area contributed by atoms with Gasteiger partial charge >= 0.3 is 0 Å². The van der Waals surface area contributed by atoms with Crippen LogP contribution in [0.2, 0.25) is 0 Å². The van der Waals surface area contributed by atoms with Crippen LogP contribution in [-0.2, 0) is 14.8 Å². The van der Waals surface area contributed by atoms with E-state index in [9.17, 15) is 13.2 Å². The number of benzene rings is 2. The molecule has 1 aliphatic rings. The van der Waals surface area contributed by atoms with Crippen LogP contribution in [0.3, 0.4) is 0 Å². The van der Waals surface area contributed by atoms with E-state index in [0.717, 1.165) is 24.8 Å². The minimum atomic E-state index is -3.45. The van der Waals surface area contributed by atoms with Gasteiger partial charge in [-0.2, -0.15) is 4.31 Å². The number of nitrogens with zero attached hydrogens (tertiary/aromatic N) is 1. The number of piperidine rings is 1. The second-order valence-electron chi connectivity index (χ2n) is 7.65. The molecule has 1 saturated heterocycles. The Morgan fingerprint density at radius 2 is 1.77 bits per heavy atom. The van der Waals surface area contributed by atoms with E-state index >= 15 is 0 Å². The minimum Gasteiger partial charge on any atom is -0.492 e. The van der Waals surface area contributed by atoms with Gasteiger partial charge in [0, 0.05) is 13.1 Å². The molecule has 0 aliphatic carbocycles. The van der Waals surface area contributed by atoms with Crippen molar-refractivity contribution >= 4 is 15.9 Å². The molecule has 1 fully saturated rings. The SMILES string of the molecule is Cc1cccc(O[C@H](C)C(=O)NCCOc2ccc(S(=O)(=O)N3CCCCC3)cc2)c1. The van der Waals surface area contributed by atoms with E-state index in [1.807, 2.05) is 31.2 Å². The van der Waals surface area contributed by atoms with Crippen molar-refractivity contribution < 1.29 is 22.7 Å². The largest absolute Gasteiger partial charge is 0.492 e. The van der Waals surface area contributed by atoms with Crippen LogP contribution in [0.25, 0.3) is 0 Å². The minimum absolute atomic E-state index is 0.229. The lowest BCUT2D eigenvalue weighted by atomic mass is 10.2. The van der Waals surface area contributed by atoms with Gasteiger partial charge in [-0.3, -0.25) is 4.79 Å². The Morgan fingerprint density at radius 3 is 2.45 bits per heavy atom. The van der Waals surface area contributed by atoms with Gasteiger partial charge in [-0.25, -0.2) is 8.42 Å². The number of ether oxygens (including phenoxy) is 2. The lowest BCUT2D eigenvalue weighted by Gasteiger charge is -2.25. The van der Waals surface area contributed by atoms with Gasteiger partial charge in [-0.1, -0.05) is 18.6 Å². The van der Waals surface area contributed by atoms with E-state index in [2.05, 4.69) is 5.32 Å². The monoisotopic (exact) mass is 446 g/mol. The summed E-state index contributed by atoms with van der Waals surface area (Å²) in [5.74, 6) is 0.975. The molecule has 1 atom stereocenters. The van der Waals surface area contributed by atoms with Crippen molar-refractivity contribution in [3.63, 3.8) is 0 Å². The summed E-state index contributed by atoms with van der Waals surface area (Å²) in [6.07, 6.45) is 2.26. The molecule has 2 aromatic rings. The van der Waals surface area contributed by atoms with Crippen LogP contribution >= 0.6 is 0 Å². The summed E-state index contributed by atoms with van der Waals surface area (Å²) in [4.78, 5) is 12.5. The molecule has 3 rings (SSSR count). The number of hydrogen-bond donors (Lipinski definition) is 1. The molecule has 0 saturated carbocycles. The zero-order valence-electron chi connectivity index (χ0n) is 18.0.